The maximum absolute atomic E-state index is 13.7. The maximum atomic E-state index is 13.7. The number of benzene rings is 2. The fourth-order valence-corrected chi connectivity index (χ4v) is 5.23. The molecule has 2 aromatic heterocycles. The number of nitrogens with one attached hydrogen (secondary N) is 2. The van der Waals surface area contributed by atoms with Gasteiger partial charge >= 0.3 is 0 Å². The van der Waals surface area contributed by atoms with Gasteiger partial charge in [-0.15, -0.1) is 0 Å². The standard InChI is InChI=1S/C29H29FN6O4/c1-16-11-20(12-17(2)26(16)40-3)33-28(38)24-21-14-35(29(39)23-5-4-10-32-23)15-22(27(31)37)25(21)36(34-24)13-18-6-8-19(30)9-7-18/h4-12,22,32H,13-15H2,1-3H3,(H2,31,37)(H,33,38)/t22-/m0/s1. The number of amides is 3. The Morgan fingerprint density at radius 3 is 2.45 bits per heavy atom. The monoisotopic (exact) mass is 544 g/mol. The summed E-state index contributed by atoms with van der Waals surface area (Å²) in [4.78, 5) is 44.0. The van der Waals surface area contributed by atoms with Crippen molar-refractivity contribution in [3.8, 4) is 5.75 Å². The number of nitrogens with zero attached hydrogens (tertiary/aromatic N) is 3. The summed E-state index contributed by atoms with van der Waals surface area (Å²) in [6.45, 7) is 3.99. The first-order chi connectivity index (χ1) is 19.2. The van der Waals surface area contributed by atoms with Gasteiger partial charge < -0.3 is 25.7 Å². The molecule has 5 rings (SSSR count). The zero-order chi connectivity index (χ0) is 28.6. The van der Waals surface area contributed by atoms with E-state index in [4.69, 9.17) is 10.5 Å². The molecule has 0 saturated carbocycles. The topological polar surface area (TPSA) is 135 Å². The first-order valence-corrected chi connectivity index (χ1v) is 12.7. The predicted molar refractivity (Wildman–Crippen MR) is 146 cm³/mol. The summed E-state index contributed by atoms with van der Waals surface area (Å²) < 4.78 is 20.5. The van der Waals surface area contributed by atoms with E-state index in [1.807, 2.05) is 13.8 Å². The largest absolute Gasteiger partial charge is 0.496 e. The highest BCUT2D eigenvalue weighted by Crippen LogP contribution is 2.33. The van der Waals surface area contributed by atoms with Crippen molar-refractivity contribution in [2.75, 3.05) is 19.0 Å². The maximum Gasteiger partial charge on any atom is 0.276 e. The van der Waals surface area contributed by atoms with Crippen molar-refractivity contribution < 1.29 is 23.5 Å². The number of primary amides is 1. The number of anilines is 1. The minimum Gasteiger partial charge on any atom is -0.496 e. The van der Waals surface area contributed by atoms with Crippen LogP contribution in [0, 0.1) is 19.7 Å². The number of halogens is 1. The van der Waals surface area contributed by atoms with Crippen LogP contribution in [0.15, 0.2) is 54.7 Å². The number of hydrogen-bond acceptors (Lipinski definition) is 5. The van der Waals surface area contributed by atoms with Crippen LogP contribution in [0.1, 0.15) is 54.8 Å². The number of fused-ring (bicyclic) bond motifs is 1. The fraction of sp³-hybridized carbons (Fsp3) is 0.241. The molecule has 0 unspecified atom stereocenters. The van der Waals surface area contributed by atoms with Gasteiger partial charge in [0.2, 0.25) is 5.91 Å². The highest BCUT2D eigenvalue weighted by atomic mass is 19.1. The van der Waals surface area contributed by atoms with Crippen molar-refractivity contribution in [3.63, 3.8) is 0 Å². The lowest BCUT2D eigenvalue weighted by Crippen LogP contribution is -2.43. The number of hydrogen-bond donors (Lipinski definition) is 3. The van der Waals surface area contributed by atoms with E-state index in [0.29, 0.717) is 28.2 Å². The molecule has 0 fully saturated rings. The molecular weight excluding hydrogens is 515 g/mol. The van der Waals surface area contributed by atoms with Gasteiger partial charge in [0.25, 0.3) is 11.8 Å². The molecule has 206 valence electrons. The third kappa shape index (κ3) is 5.05. The summed E-state index contributed by atoms with van der Waals surface area (Å²) in [6.07, 6.45) is 1.63. The Balaban J connectivity index is 1.57. The molecule has 40 heavy (non-hydrogen) atoms. The second kappa shape index (κ2) is 10.7. The van der Waals surface area contributed by atoms with Gasteiger partial charge in [-0.25, -0.2) is 4.39 Å². The number of carbonyl (C=O) groups is 3. The molecule has 0 aliphatic carbocycles. The average molecular weight is 545 g/mol. The Hall–Kier alpha value is -4.93. The summed E-state index contributed by atoms with van der Waals surface area (Å²) in [5, 5.41) is 7.50. The third-order valence-electron chi connectivity index (χ3n) is 7.02. The van der Waals surface area contributed by atoms with Gasteiger partial charge in [-0.05, 0) is 66.9 Å². The molecule has 4 aromatic rings. The molecule has 0 bridgehead atoms. The zero-order valence-electron chi connectivity index (χ0n) is 22.3. The van der Waals surface area contributed by atoms with Gasteiger partial charge in [0, 0.05) is 24.0 Å². The van der Waals surface area contributed by atoms with Gasteiger partial charge in [-0.1, -0.05) is 12.1 Å². The average Bonchev–Trinajstić information content (AvgIpc) is 3.58. The summed E-state index contributed by atoms with van der Waals surface area (Å²) in [6, 6.07) is 12.8. The second-order valence-corrected chi connectivity index (χ2v) is 9.82. The van der Waals surface area contributed by atoms with Crippen molar-refractivity contribution >= 4 is 23.4 Å². The van der Waals surface area contributed by atoms with Crippen molar-refractivity contribution in [1.82, 2.24) is 19.7 Å². The molecule has 0 saturated heterocycles. The molecule has 0 radical (unpaired) electrons. The van der Waals surface area contributed by atoms with Gasteiger partial charge in [0.15, 0.2) is 5.69 Å². The Morgan fingerprint density at radius 1 is 1.15 bits per heavy atom. The van der Waals surface area contributed by atoms with Crippen molar-refractivity contribution in [1.29, 1.82) is 0 Å². The van der Waals surface area contributed by atoms with Crippen LogP contribution in [-0.2, 0) is 17.9 Å². The van der Waals surface area contributed by atoms with E-state index in [0.717, 1.165) is 16.9 Å². The van der Waals surface area contributed by atoms with Crippen LogP contribution in [-0.4, -0.2) is 51.0 Å². The van der Waals surface area contributed by atoms with Crippen LogP contribution in [0.25, 0.3) is 0 Å². The van der Waals surface area contributed by atoms with E-state index < -0.39 is 17.7 Å². The lowest BCUT2D eigenvalue weighted by atomic mass is 9.93. The zero-order valence-corrected chi connectivity index (χ0v) is 22.3. The molecule has 4 N–H and O–H groups in total. The quantitative estimate of drug-likeness (QED) is 0.327. The first kappa shape index (κ1) is 26.7. The molecule has 10 nitrogen and oxygen atoms in total. The first-order valence-electron chi connectivity index (χ1n) is 12.7. The Labute approximate surface area is 229 Å². The number of H-pyrrole nitrogens is 1. The Bertz CT molecular complexity index is 1570. The lowest BCUT2D eigenvalue weighted by Gasteiger charge is -2.32. The van der Waals surface area contributed by atoms with Crippen LogP contribution in [0.5, 0.6) is 5.75 Å². The number of carbonyl (C=O) groups excluding carboxylic acids is 3. The summed E-state index contributed by atoms with van der Waals surface area (Å²) in [5.41, 5.74) is 10.1. The van der Waals surface area contributed by atoms with E-state index in [1.165, 1.54) is 17.0 Å². The van der Waals surface area contributed by atoms with Crippen molar-refractivity contribution in [2.45, 2.75) is 32.9 Å². The van der Waals surface area contributed by atoms with Crippen LogP contribution < -0.4 is 15.8 Å². The molecule has 2 aromatic carbocycles. The minimum absolute atomic E-state index is 0.0211. The molecule has 1 atom stereocenters. The number of ether oxygens (including phenoxy) is 1. The van der Waals surface area contributed by atoms with E-state index >= 15 is 0 Å². The number of aryl methyl sites for hydroxylation is 2. The van der Waals surface area contributed by atoms with E-state index in [-0.39, 0.29) is 37.1 Å². The van der Waals surface area contributed by atoms with Crippen LogP contribution in [0.2, 0.25) is 0 Å². The highest BCUT2D eigenvalue weighted by molar-refractivity contribution is 6.05. The molecular formula is C29H29FN6O4. The lowest BCUT2D eigenvalue weighted by molar-refractivity contribution is -0.120. The number of rotatable bonds is 7. The Kier molecular flexibility index (Phi) is 7.12. The van der Waals surface area contributed by atoms with Gasteiger partial charge in [0.05, 0.1) is 31.8 Å². The number of methoxy groups -OCH3 is 1. The van der Waals surface area contributed by atoms with Crippen LogP contribution in [0.3, 0.4) is 0 Å². The number of aromatic amines is 1. The van der Waals surface area contributed by atoms with E-state index in [2.05, 4.69) is 15.4 Å². The third-order valence-corrected chi connectivity index (χ3v) is 7.02. The molecule has 1 aliphatic rings. The SMILES string of the molecule is COc1c(C)cc(NC(=O)c2nn(Cc3ccc(F)cc3)c3c2CN(C(=O)c2ccc[nH]2)C[C@@H]3C(N)=O)cc1C. The molecule has 0 spiro atoms. The van der Waals surface area contributed by atoms with Crippen molar-refractivity contribution in [3.05, 3.63) is 99.9 Å². The summed E-state index contributed by atoms with van der Waals surface area (Å²) >= 11 is 0. The molecule has 11 heteroatoms. The smallest absolute Gasteiger partial charge is 0.276 e. The Morgan fingerprint density at radius 2 is 1.85 bits per heavy atom. The summed E-state index contributed by atoms with van der Waals surface area (Å²) in [7, 11) is 1.59. The number of nitrogens with two attached hydrogens (primary N) is 1. The normalized spacial score (nSPS) is 14.5. The molecule has 3 heterocycles. The predicted octanol–water partition coefficient (Wildman–Crippen LogP) is 3.50. The summed E-state index contributed by atoms with van der Waals surface area (Å²) in [5.74, 6) is -2.07. The van der Waals surface area contributed by atoms with Gasteiger partial charge in [0.1, 0.15) is 17.3 Å². The fourth-order valence-electron chi connectivity index (χ4n) is 5.23. The van der Waals surface area contributed by atoms with E-state index in [1.54, 1.807) is 54.4 Å². The van der Waals surface area contributed by atoms with Gasteiger partial charge in [-0.3, -0.25) is 19.1 Å². The van der Waals surface area contributed by atoms with Crippen LogP contribution >= 0.6 is 0 Å². The van der Waals surface area contributed by atoms with Gasteiger partial charge in [-0.2, -0.15) is 5.10 Å². The minimum atomic E-state index is -0.914. The number of aromatic nitrogens is 3. The highest BCUT2D eigenvalue weighted by Gasteiger charge is 2.39. The van der Waals surface area contributed by atoms with Crippen molar-refractivity contribution in [2.24, 2.45) is 5.73 Å². The molecule has 3 amide bonds. The second-order valence-electron chi connectivity index (χ2n) is 9.82. The van der Waals surface area contributed by atoms with E-state index in [9.17, 15) is 18.8 Å². The van der Waals surface area contributed by atoms with Crippen LogP contribution in [0.4, 0.5) is 10.1 Å². The molecule has 1 aliphatic heterocycles.